The van der Waals surface area contributed by atoms with E-state index < -0.39 is 0 Å². The molecule has 4 heteroatoms. The van der Waals surface area contributed by atoms with Crippen molar-refractivity contribution < 1.29 is 4.79 Å². The van der Waals surface area contributed by atoms with Gasteiger partial charge in [-0.25, -0.2) is 0 Å². The van der Waals surface area contributed by atoms with Crippen molar-refractivity contribution in [2.45, 2.75) is 19.4 Å². The lowest BCUT2D eigenvalue weighted by atomic mass is 10.1. The van der Waals surface area contributed by atoms with Crippen LogP contribution in [0.15, 0.2) is 72.1 Å². The number of hydrogen-bond acceptors (Lipinski definition) is 3. The molecule has 0 aliphatic carbocycles. The number of carbonyl (C=O) groups is 1. The van der Waals surface area contributed by atoms with Gasteiger partial charge in [-0.1, -0.05) is 61.5 Å². The number of para-hydroxylation sites is 1. The van der Waals surface area contributed by atoms with Crippen LogP contribution in [0, 0.1) is 0 Å². The van der Waals surface area contributed by atoms with Gasteiger partial charge in [0.1, 0.15) is 0 Å². The summed E-state index contributed by atoms with van der Waals surface area (Å²) >= 11 is 1.69. The third-order valence-electron chi connectivity index (χ3n) is 4.10. The van der Waals surface area contributed by atoms with Gasteiger partial charge in [-0.15, -0.1) is 11.3 Å². The van der Waals surface area contributed by atoms with Crippen LogP contribution in [0.4, 0.5) is 5.69 Å². The zero-order valence-electron chi connectivity index (χ0n) is 14.2. The largest absolute Gasteiger partial charge is 0.325 e. The first-order valence-corrected chi connectivity index (χ1v) is 9.35. The summed E-state index contributed by atoms with van der Waals surface area (Å²) in [6.45, 7) is 2.35. The van der Waals surface area contributed by atoms with Gasteiger partial charge < -0.3 is 5.32 Å². The Morgan fingerprint density at radius 1 is 1.00 bits per heavy atom. The first-order chi connectivity index (χ1) is 12.3. The molecular formula is C21H22N2OS. The molecule has 0 aliphatic rings. The summed E-state index contributed by atoms with van der Waals surface area (Å²) in [7, 11) is 0. The summed E-state index contributed by atoms with van der Waals surface area (Å²) in [5.41, 5.74) is 3.20. The van der Waals surface area contributed by atoms with Gasteiger partial charge in [0, 0.05) is 10.6 Å². The minimum Gasteiger partial charge on any atom is -0.325 e. The van der Waals surface area contributed by atoms with Gasteiger partial charge in [0.05, 0.1) is 12.6 Å². The molecule has 128 valence electrons. The van der Waals surface area contributed by atoms with Crippen molar-refractivity contribution in [3.63, 3.8) is 0 Å². The Hall–Kier alpha value is -2.43. The second-order valence-electron chi connectivity index (χ2n) is 5.80. The minimum absolute atomic E-state index is 0.0216. The number of anilines is 1. The van der Waals surface area contributed by atoms with Crippen LogP contribution in [0.2, 0.25) is 0 Å². The zero-order chi connectivity index (χ0) is 17.5. The lowest BCUT2D eigenvalue weighted by Gasteiger charge is -2.18. The van der Waals surface area contributed by atoms with Crippen LogP contribution < -0.4 is 10.6 Å². The van der Waals surface area contributed by atoms with Gasteiger partial charge in [-0.05, 0) is 35.1 Å². The summed E-state index contributed by atoms with van der Waals surface area (Å²) in [5.74, 6) is -0.0293. The molecule has 1 amide bonds. The molecule has 2 aromatic carbocycles. The molecular weight excluding hydrogens is 328 g/mol. The Labute approximate surface area is 152 Å². The summed E-state index contributed by atoms with van der Waals surface area (Å²) in [6.07, 6.45) is 0.895. The van der Waals surface area contributed by atoms with E-state index in [1.807, 2.05) is 48.5 Å². The molecule has 0 unspecified atom stereocenters. The normalized spacial score (nSPS) is 11.9. The maximum absolute atomic E-state index is 12.4. The Kier molecular flexibility index (Phi) is 5.99. The molecule has 0 bridgehead atoms. The third-order valence-corrected chi connectivity index (χ3v) is 5.04. The quantitative estimate of drug-likeness (QED) is 0.652. The van der Waals surface area contributed by atoms with E-state index in [-0.39, 0.29) is 18.5 Å². The summed E-state index contributed by atoms with van der Waals surface area (Å²) < 4.78 is 0. The molecule has 0 fully saturated rings. The number of rotatable bonds is 7. The highest BCUT2D eigenvalue weighted by molar-refractivity contribution is 7.10. The lowest BCUT2D eigenvalue weighted by molar-refractivity contribution is -0.115. The smallest absolute Gasteiger partial charge is 0.238 e. The number of aryl methyl sites for hydroxylation is 1. The molecule has 0 radical (unpaired) electrons. The minimum atomic E-state index is -0.0293. The van der Waals surface area contributed by atoms with Crippen LogP contribution in [0.3, 0.4) is 0 Å². The SMILES string of the molecule is CCc1ccccc1NC(=O)CN[C@H](c1ccccc1)c1cccs1. The van der Waals surface area contributed by atoms with E-state index in [0.29, 0.717) is 0 Å². The molecule has 0 aliphatic heterocycles. The van der Waals surface area contributed by atoms with Gasteiger partial charge >= 0.3 is 0 Å². The number of nitrogens with one attached hydrogen (secondary N) is 2. The average molecular weight is 350 g/mol. The van der Waals surface area contributed by atoms with E-state index >= 15 is 0 Å². The second-order valence-corrected chi connectivity index (χ2v) is 6.78. The van der Waals surface area contributed by atoms with Crippen LogP contribution in [-0.2, 0) is 11.2 Å². The lowest BCUT2D eigenvalue weighted by Crippen LogP contribution is -2.31. The first kappa shape index (κ1) is 17.4. The Morgan fingerprint density at radius 2 is 1.76 bits per heavy atom. The van der Waals surface area contributed by atoms with Gasteiger partial charge in [-0.2, -0.15) is 0 Å². The molecule has 0 spiro atoms. The highest BCUT2D eigenvalue weighted by atomic mass is 32.1. The van der Waals surface area contributed by atoms with Crippen LogP contribution in [0.1, 0.15) is 29.0 Å². The third kappa shape index (κ3) is 4.56. The molecule has 3 aromatic rings. The van der Waals surface area contributed by atoms with Crippen molar-refractivity contribution in [1.29, 1.82) is 0 Å². The molecule has 1 heterocycles. The van der Waals surface area contributed by atoms with Crippen LogP contribution in [0.5, 0.6) is 0 Å². The molecule has 3 nitrogen and oxygen atoms in total. The van der Waals surface area contributed by atoms with E-state index in [4.69, 9.17) is 0 Å². The molecule has 1 atom stereocenters. The predicted molar refractivity (Wildman–Crippen MR) is 105 cm³/mol. The van der Waals surface area contributed by atoms with Crippen LogP contribution >= 0.6 is 11.3 Å². The van der Waals surface area contributed by atoms with Gasteiger partial charge in [0.15, 0.2) is 0 Å². The van der Waals surface area contributed by atoms with E-state index in [0.717, 1.165) is 23.2 Å². The monoisotopic (exact) mass is 350 g/mol. The van der Waals surface area contributed by atoms with Crippen molar-refractivity contribution in [3.8, 4) is 0 Å². The molecule has 1 aromatic heterocycles. The molecule has 3 rings (SSSR count). The Balaban J connectivity index is 1.68. The molecule has 0 saturated heterocycles. The van der Waals surface area contributed by atoms with E-state index in [1.165, 1.54) is 4.88 Å². The Bertz CT molecular complexity index is 800. The number of carbonyl (C=O) groups excluding carboxylic acids is 1. The second kappa shape index (κ2) is 8.60. The summed E-state index contributed by atoms with van der Waals surface area (Å²) in [6, 6.07) is 22.3. The standard InChI is InChI=1S/C21H22N2OS/c1-2-16-9-6-7-12-18(16)23-20(24)15-22-21(19-13-8-14-25-19)17-10-4-3-5-11-17/h3-14,21-22H,2,15H2,1H3,(H,23,24)/t21-/m1/s1. The molecule has 0 saturated carbocycles. The number of benzene rings is 2. The number of hydrogen-bond donors (Lipinski definition) is 2. The van der Waals surface area contributed by atoms with Crippen molar-refractivity contribution in [3.05, 3.63) is 88.1 Å². The van der Waals surface area contributed by atoms with Crippen molar-refractivity contribution in [2.24, 2.45) is 0 Å². The maximum Gasteiger partial charge on any atom is 0.238 e. The predicted octanol–water partition coefficient (Wildman–Crippen LogP) is 4.63. The topological polar surface area (TPSA) is 41.1 Å². The summed E-state index contributed by atoms with van der Waals surface area (Å²) in [5, 5.41) is 8.47. The van der Waals surface area contributed by atoms with Gasteiger partial charge in [0.25, 0.3) is 0 Å². The average Bonchev–Trinajstić information content (AvgIpc) is 3.18. The molecule has 2 N–H and O–H groups in total. The highest BCUT2D eigenvalue weighted by Gasteiger charge is 2.16. The Morgan fingerprint density at radius 3 is 2.48 bits per heavy atom. The summed E-state index contributed by atoms with van der Waals surface area (Å²) in [4.78, 5) is 13.6. The highest BCUT2D eigenvalue weighted by Crippen LogP contribution is 2.25. The number of amides is 1. The van der Waals surface area contributed by atoms with E-state index in [9.17, 15) is 4.79 Å². The van der Waals surface area contributed by atoms with Crippen molar-refractivity contribution in [2.75, 3.05) is 11.9 Å². The van der Waals surface area contributed by atoms with Crippen molar-refractivity contribution >= 4 is 22.9 Å². The number of thiophene rings is 1. The van der Waals surface area contributed by atoms with Crippen molar-refractivity contribution in [1.82, 2.24) is 5.32 Å². The van der Waals surface area contributed by atoms with E-state index in [1.54, 1.807) is 11.3 Å². The first-order valence-electron chi connectivity index (χ1n) is 8.47. The zero-order valence-corrected chi connectivity index (χ0v) is 15.1. The molecule has 25 heavy (non-hydrogen) atoms. The van der Waals surface area contributed by atoms with Crippen LogP contribution in [-0.4, -0.2) is 12.5 Å². The fraction of sp³-hybridized carbons (Fsp3) is 0.190. The van der Waals surface area contributed by atoms with Crippen LogP contribution in [0.25, 0.3) is 0 Å². The fourth-order valence-electron chi connectivity index (χ4n) is 2.82. The van der Waals surface area contributed by atoms with Gasteiger partial charge in [0.2, 0.25) is 5.91 Å². The fourth-order valence-corrected chi connectivity index (χ4v) is 3.65. The maximum atomic E-state index is 12.4. The van der Waals surface area contributed by atoms with E-state index in [2.05, 4.69) is 41.1 Å². The van der Waals surface area contributed by atoms with Gasteiger partial charge in [-0.3, -0.25) is 10.1 Å².